The van der Waals surface area contributed by atoms with Crippen molar-refractivity contribution in [1.82, 2.24) is 4.90 Å². The first-order chi connectivity index (χ1) is 20.8. The van der Waals surface area contributed by atoms with E-state index in [2.05, 4.69) is 11.4 Å². The lowest BCUT2D eigenvalue weighted by Crippen LogP contribution is -2.45. The number of anilines is 1. The Morgan fingerprint density at radius 2 is 1.80 bits per heavy atom. The van der Waals surface area contributed by atoms with E-state index in [4.69, 9.17) is 10.5 Å². The lowest BCUT2D eigenvalue weighted by molar-refractivity contribution is -0.120. The van der Waals surface area contributed by atoms with Gasteiger partial charge in [-0.05, 0) is 80.5 Å². The van der Waals surface area contributed by atoms with Gasteiger partial charge in [-0.15, -0.1) is 0 Å². The average molecular weight is 599 g/mol. The molecule has 3 aromatic rings. The summed E-state index contributed by atoms with van der Waals surface area (Å²) >= 11 is 0. The number of halogens is 1. The molecule has 1 saturated heterocycles. The molecule has 9 heteroatoms. The molecule has 1 aliphatic heterocycles. The predicted molar refractivity (Wildman–Crippen MR) is 165 cm³/mol. The van der Waals surface area contributed by atoms with Crippen molar-refractivity contribution in [2.45, 2.75) is 75.7 Å². The fourth-order valence-electron chi connectivity index (χ4n) is 5.87. The summed E-state index contributed by atoms with van der Waals surface area (Å²) < 4.78 is 20.9. The summed E-state index contributed by atoms with van der Waals surface area (Å²) in [5.41, 5.74) is 5.94. The first-order valence-corrected chi connectivity index (χ1v) is 15.0. The number of nitrogens with zero attached hydrogens (tertiary/aromatic N) is 2. The van der Waals surface area contributed by atoms with Crippen LogP contribution in [0.5, 0.6) is 0 Å². The van der Waals surface area contributed by atoms with Crippen molar-refractivity contribution in [3.63, 3.8) is 0 Å². The van der Waals surface area contributed by atoms with Gasteiger partial charge in [-0.25, -0.2) is 9.18 Å². The normalized spacial score (nSPS) is 21.3. The number of rotatable bonds is 8. The van der Waals surface area contributed by atoms with Crippen LogP contribution in [0.3, 0.4) is 0 Å². The number of nitrogens with one attached hydrogen (secondary N) is 1. The highest BCUT2D eigenvalue weighted by Gasteiger charge is 2.50. The standard InChI is InChI=1S/C35H39FN4O4/c1-33(2,3)44-32(42)40-22-34(43,25-9-5-4-6-10-25)20-30(40)31(41)39-29-19-27(14-15-28(29)36)35(38,17-16-23-12-13-23)26-11-7-8-24(18-26)21-37/h4-11,14-15,18-19,23,30,43H,12-13,16-17,20,22,38H2,1-3H3,(H,39,41)/t30-,34-,35?/m1/s1. The van der Waals surface area contributed by atoms with Crippen LogP contribution < -0.4 is 11.1 Å². The Balaban J connectivity index is 1.46. The second-order valence-electron chi connectivity index (χ2n) is 13.1. The van der Waals surface area contributed by atoms with Crippen molar-refractivity contribution >= 4 is 17.7 Å². The van der Waals surface area contributed by atoms with Gasteiger partial charge in [-0.2, -0.15) is 5.26 Å². The number of nitriles is 1. The van der Waals surface area contributed by atoms with Gasteiger partial charge in [-0.1, -0.05) is 61.4 Å². The number of aliphatic hydroxyl groups is 1. The molecule has 0 radical (unpaired) electrons. The molecule has 1 heterocycles. The molecule has 0 aromatic heterocycles. The third kappa shape index (κ3) is 6.77. The quantitative estimate of drug-likeness (QED) is 0.295. The second-order valence-corrected chi connectivity index (χ2v) is 13.1. The van der Waals surface area contributed by atoms with Gasteiger partial charge in [0, 0.05) is 6.42 Å². The van der Waals surface area contributed by atoms with Crippen LogP contribution in [0.15, 0.2) is 72.8 Å². The molecular weight excluding hydrogens is 559 g/mol. The number of carbonyl (C=O) groups excluding carboxylic acids is 2. The minimum atomic E-state index is -1.51. The lowest BCUT2D eigenvalue weighted by Gasteiger charge is -2.32. The van der Waals surface area contributed by atoms with E-state index < -0.39 is 40.6 Å². The Morgan fingerprint density at radius 1 is 1.09 bits per heavy atom. The fourth-order valence-corrected chi connectivity index (χ4v) is 5.87. The summed E-state index contributed by atoms with van der Waals surface area (Å²) in [4.78, 5) is 28.2. The van der Waals surface area contributed by atoms with E-state index in [-0.39, 0.29) is 18.7 Å². The molecule has 5 rings (SSSR count). The molecule has 44 heavy (non-hydrogen) atoms. The number of β-amino-alcohol motifs (C(OH)–C–C–N with tert-alkyl or cyclic N) is 1. The predicted octanol–water partition coefficient (Wildman–Crippen LogP) is 5.93. The number of amides is 2. The van der Waals surface area contributed by atoms with Crippen molar-refractivity contribution in [2.75, 3.05) is 11.9 Å². The highest BCUT2D eigenvalue weighted by Crippen LogP contribution is 2.41. The minimum Gasteiger partial charge on any atom is -0.444 e. The summed E-state index contributed by atoms with van der Waals surface area (Å²) in [5, 5.41) is 23.8. The van der Waals surface area contributed by atoms with Crippen LogP contribution in [0, 0.1) is 23.1 Å². The highest BCUT2D eigenvalue weighted by atomic mass is 19.1. The van der Waals surface area contributed by atoms with Crippen LogP contribution >= 0.6 is 0 Å². The number of carbonyl (C=O) groups is 2. The molecule has 2 aliphatic rings. The summed E-state index contributed by atoms with van der Waals surface area (Å²) in [6.45, 7) is 4.98. The molecule has 1 unspecified atom stereocenters. The number of hydrogen-bond acceptors (Lipinski definition) is 6. The summed E-state index contributed by atoms with van der Waals surface area (Å²) in [6, 6.07) is 21.3. The Labute approximate surface area is 257 Å². The van der Waals surface area contributed by atoms with Crippen LogP contribution in [0.2, 0.25) is 0 Å². The monoisotopic (exact) mass is 598 g/mol. The van der Waals surface area contributed by atoms with Crippen molar-refractivity contribution in [3.05, 3.63) is 101 Å². The maximum Gasteiger partial charge on any atom is 0.411 e. The first-order valence-electron chi connectivity index (χ1n) is 15.0. The molecule has 8 nitrogen and oxygen atoms in total. The van der Waals surface area contributed by atoms with Gasteiger partial charge in [0.1, 0.15) is 23.1 Å². The van der Waals surface area contributed by atoms with E-state index in [1.54, 1.807) is 69.3 Å². The minimum absolute atomic E-state index is 0.0931. The number of benzene rings is 3. The Bertz CT molecular complexity index is 1580. The Morgan fingerprint density at radius 3 is 2.45 bits per heavy atom. The van der Waals surface area contributed by atoms with Crippen molar-refractivity contribution in [3.8, 4) is 6.07 Å². The number of ether oxygens (including phenoxy) is 1. The molecular formula is C35H39FN4O4. The van der Waals surface area contributed by atoms with Gasteiger partial charge in [-0.3, -0.25) is 9.69 Å². The zero-order valence-electron chi connectivity index (χ0n) is 25.3. The van der Waals surface area contributed by atoms with E-state index in [0.717, 1.165) is 24.8 Å². The van der Waals surface area contributed by atoms with Crippen LogP contribution in [-0.2, 0) is 20.7 Å². The highest BCUT2D eigenvalue weighted by molar-refractivity contribution is 5.97. The van der Waals surface area contributed by atoms with Gasteiger partial charge in [0.05, 0.1) is 29.4 Å². The third-order valence-electron chi connectivity index (χ3n) is 8.47. The SMILES string of the molecule is CC(C)(C)OC(=O)N1C[C@@](O)(c2ccccc2)C[C@@H]1C(=O)Nc1cc(C(N)(CCC2CC2)c2cccc(C#N)c2)ccc1F. The topological polar surface area (TPSA) is 129 Å². The van der Waals surface area contributed by atoms with Crippen LogP contribution in [0.1, 0.15) is 75.1 Å². The van der Waals surface area contributed by atoms with E-state index in [9.17, 15) is 20.0 Å². The van der Waals surface area contributed by atoms with Gasteiger partial charge in [0.15, 0.2) is 0 Å². The maximum atomic E-state index is 15.3. The summed E-state index contributed by atoms with van der Waals surface area (Å²) in [6.07, 6.45) is 2.87. The number of nitrogens with two attached hydrogens (primary N) is 1. The molecule has 0 spiro atoms. The molecule has 2 amide bonds. The van der Waals surface area contributed by atoms with Crippen molar-refractivity contribution < 1.29 is 23.8 Å². The molecule has 4 N–H and O–H groups in total. The van der Waals surface area contributed by atoms with Gasteiger partial charge < -0.3 is 20.9 Å². The smallest absolute Gasteiger partial charge is 0.411 e. The zero-order valence-corrected chi connectivity index (χ0v) is 25.3. The molecule has 2 fully saturated rings. The Hall–Kier alpha value is -4.26. The van der Waals surface area contributed by atoms with Gasteiger partial charge in [0.25, 0.3) is 0 Å². The third-order valence-corrected chi connectivity index (χ3v) is 8.47. The Kier molecular flexibility index (Phi) is 8.52. The van der Waals surface area contributed by atoms with Crippen molar-refractivity contribution in [2.24, 2.45) is 11.7 Å². The second kappa shape index (κ2) is 12.0. The average Bonchev–Trinajstić information content (AvgIpc) is 3.76. The largest absolute Gasteiger partial charge is 0.444 e. The lowest BCUT2D eigenvalue weighted by atomic mass is 9.79. The molecule has 1 aliphatic carbocycles. The van der Waals surface area contributed by atoms with Crippen molar-refractivity contribution in [1.29, 1.82) is 5.26 Å². The fraction of sp³-hybridized carbons (Fsp3) is 0.400. The maximum absolute atomic E-state index is 15.3. The van der Waals surface area contributed by atoms with E-state index in [1.807, 2.05) is 12.1 Å². The van der Waals surface area contributed by atoms with Gasteiger partial charge >= 0.3 is 6.09 Å². The van der Waals surface area contributed by atoms with E-state index in [0.29, 0.717) is 29.0 Å². The molecule has 0 bridgehead atoms. The summed E-state index contributed by atoms with van der Waals surface area (Å²) in [5.74, 6) is -0.746. The van der Waals surface area contributed by atoms with Gasteiger partial charge in [0.2, 0.25) is 5.91 Å². The molecule has 1 saturated carbocycles. The van der Waals surface area contributed by atoms with Crippen LogP contribution in [0.4, 0.5) is 14.9 Å². The number of likely N-dealkylation sites (tertiary alicyclic amines) is 1. The molecule has 3 atom stereocenters. The number of hydrogen-bond donors (Lipinski definition) is 3. The van der Waals surface area contributed by atoms with E-state index in [1.165, 1.54) is 17.0 Å². The molecule has 3 aromatic carbocycles. The van der Waals surface area contributed by atoms with E-state index >= 15 is 4.39 Å². The molecule has 230 valence electrons. The zero-order chi connectivity index (χ0) is 31.7. The first kappa shape index (κ1) is 31.2. The summed E-state index contributed by atoms with van der Waals surface area (Å²) in [7, 11) is 0. The van der Waals surface area contributed by atoms with Crippen LogP contribution in [0.25, 0.3) is 0 Å². The van der Waals surface area contributed by atoms with Crippen LogP contribution in [-0.4, -0.2) is 40.2 Å².